The molecule has 0 saturated heterocycles. The molecule has 1 aromatic rings. The zero-order valence-electron chi connectivity index (χ0n) is 12.1. The summed E-state index contributed by atoms with van der Waals surface area (Å²) in [5.74, 6) is 0.152. The van der Waals surface area contributed by atoms with Gasteiger partial charge in [0.1, 0.15) is 9.84 Å². The Morgan fingerprint density at radius 1 is 1.38 bits per heavy atom. The summed E-state index contributed by atoms with van der Waals surface area (Å²) >= 11 is 5.99. The lowest BCUT2D eigenvalue weighted by molar-refractivity contribution is 0.0290. The molecule has 1 atom stereocenters. The first-order valence-electron chi connectivity index (χ1n) is 6.76. The number of aliphatic hydroxyl groups excluding tert-OH is 1. The van der Waals surface area contributed by atoms with E-state index in [1.165, 1.54) is 6.26 Å². The highest BCUT2D eigenvalue weighted by molar-refractivity contribution is 7.90. The Kier molecular flexibility index (Phi) is 8.21. The van der Waals surface area contributed by atoms with Crippen LogP contribution in [0.1, 0.15) is 12.0 Å². The van der Waals surface area contributed by atoms with Gasteiger partial charge in [0.25, 0.3) is 0 Å². The fraction of sp³-hybridized carbons (Fsp3) is 0.571. The number of aliphatic hydroxyl groups is 1. The Balaban J connectivity index is 2.09. The number of benzene rings is 1. The van der Waals surface area contributed by atoms with Gasteiger partial charge < -0.3 is 15.2 Å². The van der Waals surface area contributed by atoms with Gasteiger partial charge in [-0.05, 0) is 24.6 Å². The molecule has 0 aromatic heterocycles. The third-order valence-corrected chi connectivity index (χ3v) is 4.17. The third-order valence-electron chi connectivity index (χ3n) is 2.77. The molecule has 0 aliphatic carbocycles. The molecule has 0 radical (unpaired) electrons. The van der Waals surface area contributed by atoms with Crippen molar-refractivity contribution in [2.24, 2.45) is 0 Å². The van der Waals surface area contributed by atoms with Crippen LogP contribution in [0, 0.1) is 0 Å². The second kappa shape index (κ2) is 9.38. The zero-order chi connectivity index (χ0) is 15.7. The lowest BCUT2D eigenvalue weighted by Crippen LogP contribution is -2.31. The van der Waals surface area contributed by atoms with Crippen LogP contribution in [-0.2, 0) is 21.2 Å². The number of halogens is 1. The average molecular weight is 336 g/mol. The minimum atomic E-state index is -2.91. The monoisotopic (exact) mass is 335 g/mol. The molecule has 0 heterocycles. The summed E-state index contributed by atoms with van der Waals surface area (Å²) in [6.45, 7) is 1.47. The van der Waals surface area contributed by atoms with Gasteiger partial charge in [-0.25, -0.2) is 8.42 Å². The number of sulfone groups is 1. The number of hydrogen-bond acceptors (Lipinski definition) is 5. The minimum absolute atomic E-state index is 0.152. The first kappa shape index (κ1) is 18.4. The van der Waals surface area contributed by atoms with Crippen molar-refractivity contribution in [1.29, 1.82) is 0 Å². The van der Waals surface area contributed by atoms with Gasteiger partial charge in [0.2, 0.25) is 0 Å². The molecule has 21 heavy (non-hydrogen) atoms. The van der Waals surface area contributed by atoms with E-state index in [2.05, 4.69) is 5.32 Å². The van der Waals surface area contributed by atoms with E-state index < -0.39 is 15.9 Å². The van der Waals surface area contributed by atoms with Crippen LogP contribution in [0.15, 0.2) is 24.3 Å². The quantitative estimate of drug-likeness (QED) is 0.629. The molecule has 0 bridgehead atoms. The van der Waals surface area contributed by atoms with Gasteiger partial charge in [-0.3, -0.25) is 0 Å². The molecule has 0 aliphatic rings. The summed E-state index contributed by atoms with van der Waals surface area (Å²) in [6, 6.07) is 7.39. The number of nitrogens with one attached hydrogen (secondary N) is 1. The van der Waals surface area contributed by atoms with Crippen molar-refractivity contribution in [3.05, 3.63) is 34.9 Å². The summed E-state index contributed by atoms with van der Waals surface area (Å²) in [6.07, 6.45) is 1.11. The molecule has 2 N–H and O–H groups in total. The second-order valence-corrected chi connectivity index (χ2v) is 7.61. The summed E-state index contributed by atoms with van der Waals surface area (Å²) in [5, 5.41) is 13.4. The van der Waals surface area contributed by atoms with Crippen LogP contribution in [0.3, 0.4) is 0 Å². The molecule has 1 aromatic carbocycles. The molecule has 0 fully saturated rings. The number of hydrogen-bond donors (Lipinski definition) is 2. The van der Waals surface area contributed by atoms with Crippen LogP contribution in [0.4, 0.5) is 0 Å². The maximum Gasteiger partial charge on any atom is 0.147 e. The van der Waals surface area contributed by atoms with Crippen LogP contribution in [0.2, 0.25) is 5.02 Å². The highest BCUT2D eigenvalue weighted by atomic mass is 35.5. The molecule has 0 aliphatic heterocycles. The molecule has 7 heteroatoms. The van der Waals surface area contributed by atoms with E-state index in [-0.39, 0.29) is 12.4 Å². The van der Waals surface area contributed by atoms with E-state index in [1.54, 1.807) is 6.07 Å². The van der Waals surface area contributed by atoms with E-state index in [0.717, 1.165) is 5.56 Å². The first-order valence-corrected chi connectivity index (χ1v) is 9.20. The highest BCUT2D eigenvalue weighted by Crippen LogP contribution is 2.15. The maximum atomic E-state index is 10.9. The van der Waals surface area contributed by atoms with Gasteiger partial charge in [0.05, 0.1) is 25.1 Å². The van der Waals surface area contributed by atoms with E-state index >= 15 is 0 Å². The average Bonchev–Trinajstić information content (AvgIpc) is 2.39. The van der Waals surface area contributed by atoms with Gasteiger partial charge in [0.15, 0.2) is 0 Å². The SMILES string of the molecule is CS(=O)(=O)CCCNCC(O)COCc1ccccc1Cl. The van der Waals surface area contributed by atoms with Crippen molar-refractivity contribution in [3.8, 4) is 0 Å². The Bertz CT molecular complexity index is 521. The lowest BCUT2D eigenvalue weighted by Gasteiger charge is -2.12. The molecule has 0 spiro atoms. The minimum Gasteiger partial charge on any atom is -0.389 e. The Hall–Kier alpha value is -0.660. The van der Waals surface area contributed by atoms with Crippen molar-refractivity contribution >= 4 is 21.4 Å². The van der Waals surface area contributed by atoms with E-state index in [0.29, 0.717) is 31.1 Å². The van der Waals surface area contributed by atoms with E-state index in [1.807, 2.05) is 18.2 Å². The largest absolute Gasteiger partial charge is 0.389 e. The van der Waals surface area contributed by atoms with Gasteiger partial charge in [-0.15, -0.1) is 0 Å². The van der Waals surface area contributed by atoms with E-state index in [4.69, 9.17) is 16.3 Å². The summed E-state index contributed by atoms with van der Waals surface area (Å²) in [7, 11) is -2.91. The van der Waals surface area contributed by atoms with Crippen LogP contribution < -0.4 is 5.32 Å². The standard InChI is InChI=1S/C14H22ClNO4S/c1-21(18,19)8-4-7-16-9-13(17)11-20-10-12-5-2-3-6-14(12)15/h2-3,5-6,13,16-17H,4,7-11H2,1H3. The van der Waals surface area contributed by atoms with Crippen molar-refractivity contribution in [2.75, 3.05) is 31.7 Å². The highest BCUT2D eigenvalue weighted by Gasteiger charge is 2.06. The molecular formula is C14H22ClNO4S. The Morgan fingerprint density at radius 2 is 2.10 bits per heavy atom. The Morgan fingerprint density at radius 3 is 2.76 bits per heavy atom. The predicted molar refractivity (Wildman–Crippen MR) is 84.3 cm³/mol. The van der Waals surface area contributed by atoms with Crippen molar-refractivity contribution in [1.82, 2.24) is 5.32 Å². The number of ether oxygens (including phenoxy) is 1. The zero-order valence-corrected chi connectivity index (χ0v) is 13.7. The Labute approximate surface area is 131 Å². The molecule has 1 unspecified atom stereocenters. The van der Waals surface area contributed by atoms with Crippen molar-refractivity contribution in [2.45, 2.75) is 19.1 Å². The predicted octanol–water partition coefficient (Wildman–Crippen LogP) is 1.24. The number of rotatable bonds is 10. The summed E-state index contributed by atoms with van der Waals surface area (Å²) < 4.78 is 27.3. The molecular weight excluding hydrogens is 314 g/mol. The molecule has 1 rings (SSSR count). The molecule has 0 amide bonds. The van der Waals surface area contributed by atoms with Gasteiger partial charge in [-0.2, -0.15) is 0 Å². The fourth-order valence-electron chi connectivity index (χ4n) is 1.71. The van der Waals surface area contributed by atoms with Crippen LogP contribution in [0.5, 0.6) is 0 Å². The first-order chi connectivity index (χ1) is 9.88. The maximum absolute atomic E-state index is 10.9. The molecule has 5 nitrogen and oxygen atoms in total. The normalized spacial score (nSPS) is 13.3. The third kappa shape index (κ3) is 9.06. The van der Waals surface area contributed by atoms with E-state index in [9.17, 15) is 13.5 Å². The molecule has 0 saturated carbocycles. The van der Waals surface area contributed by atoms with Crippen LogP contribution in [0.25, 0.3) is 0 Å². The van der Waals surface area contributed by atoms with Gasteiger partial charge in [-0.1, -0.05) is 29.8 Å². The lowest BCUT2D eigenvalue weighted by atomic mass is 10.2. The second-order valence-electron chi connectivity index (χ2n) is 4.95. The topological polar surface area (TPSA) is 75.6 Å². The summed E-state index contributed by atoms with van der Waals surface area (Å²) in [4.78, 5) is 0. The van der Waals surface area contributed by atoms with Gasteiger partial charge in [0, 0.05) is 17.8 Å². The smallest absolute Gasteiger partial charge is 0.147 e. The fourth-order valence-corrected chi connectivity index (χ4v) is 2.57. The molecule has 120 valence electrons. The van der Waals surface area contributed by atoms with Crippen LogP contribution >= 0.6 is 11.6 Å². The van der Waals surface area contributed by atoms with Gasteiger partial charge >= 0.3 is 0 Å². The van der Waals surface area contributed by atoms with Crippen LogP contribution in [-0.4, -0.2) is 51.3 Å². The van der Waals surface area contributed by atoms with Crippen molar-refractivity contribution < 1.29 is 18.3 Å². The van der Waals surface area contributed by atoms with Crippen molar-refractivity contribution in [3.63, 3.8) is 0 Å². The summed E-state index contributed by atoms with van der Waals surface area (Å²) in [5.41, 5.74) is 0.882.